The molecule has 1 unspecified atom stereocenters. The summed E-state index contributed by atoms with van der Waals surface area (Å²) in [6.45, 7) is 9.69. The zero-order valence-electron chi connectivity index (χ0n) is 11.1. The highest BCUT2D eigenvalue weighted by molar-refractivity contribution is 6.34. The number of hydrogen-bond acceptors (Lipinski definition) is 2. The lowest BCUT2D eigenvalue weighted by Crippen LogP contribution is -2.38. The summed E-state index contributed by atoms with van der Waals surface area (Å²) < 4.78 is 0. The summed E-state index contributed by atoms with van der Waals surface area (Å²) in [7, 11) is 2.10. The number of pyridine rings is 1. The first-order valence-electron chi connectivity index (χ1n) is 5.72. The Labute approximate surface area is 114 Å². The van der Waals surface area contributed by atoms with Crippen molar-refractivity contribution in [3.63, 3.8) is 0 Å². The van der Waals surface area contributed by atoms with E-state index >= 15 is 0 Å². The maximum Gasteiger partial charge on any atom is 0.130 e. The summed E-state index contributed by atoms with van der Waals surface area (Å²) in [5.41, 5.74) is 1.25. The Hall–Kier alpha value is -0.310. The molecule has 0 aliphatic rings. The number of rotatable bonds is 3. The van der Waals surface area contributed by atoms with Gasteiger partial charge in [-0.05, 0) is 25.5 Å². The van der Waals surface area contributed by atoms with Crippen molar-refractivity contribution < 1.29 is 0 Å². The Balaban J connectivity index is 2.78. The maximum atomic E-state index is 6.14. The normalized spacial score (nSPS) is 14.1. The van der Waals surface area contributed by atoms with Gasteiger partial charge in [0.15, 0.2) is 0 Å². The molecular weight excluding hydrogens is 255 g/mol. The molecule has 0 amide bonds. The van der Waals surface area contributed by atoms with Crippen molar-refractivity contribution in [1.29, 1.82) is 0 Å². The summed E-state index contributed by atoms with van der Waals surface area (Å²) in [6, 6.07) is 2.14. The second-order valence-corrected chi connectivity index (χ2v) is 6.35. The topological polar surface area (TPSA) is 16.1 Å². The minimum atomic E-state index is 0.237. The molecule has 0 aliphatic heterocycles. The van der Waals surface area contributed by atoms with Crippen molar-refractivity contribution in [2.75, 3.05) is 7.05 Å². The van der Waals surface area contributed by atoms with E-state index in [9.17, 15) is 0 Å². The lowest BCUT2D eigenvalue weighted by Gasteiger charge is -2.35. The Morgan fingerprint density at radius 3 is 2.41 bits per heavy atom. The molecular formula is C13H20Cl2N2. The highest BCUT2D eigenvalue weighted by atomic mass is 35.5. The second-order valence-electron chi connectivity index (χ2n) is 5.56. The van der Waals surface area contributed by atoms with Gasteiger partial charge in [0.2, 0.25) is 0 Å². The van der Waals surface area contributed by atoms with Gasteiger partial charge >= 0.3 is 0 Å². The number of aromatic nitrogens is 1. The van der Waals surface area contributed by atoms with Crippen LogP contribution in [0.25, 0.3) is 0 Å². The van der Waals surface area contributed by atoms with E-state index in [1.54, 1.807) is 12.3 Å². The predicted molar refractivity (Wildman–Crippen MR) is 74.6 cm³/mol. The number of nitrogens with zero attached hydrogens (tertiary/aromatic N) is 2. The van der Waals surface area contributed by atoms with Crippen molar-refractivity contribution in [2.24, 2.45) is 5.41 Å². The molecule has 96 valence electrons. The first-order valence-corrected chi connectivity index (χ1v) is 6.47. The molecule has 1 aromatic rings. The molecule has 17 heavy (non-hydrogen) atoms. The molecule has 0 saturated carbocycles. The molecule has 0 aliphatic carbocycles. The van der Waals surface area contributed by atoms with Crippen LogP contribution in [-0.2, 0) is 6.54 Å². The van der Waals surface area contributed by atoms with Crippen LogP contribution in [0.15, 0.2) is 12.3 Å². The van der Waals surface area contributed by atoms with E-state index in [1.165, 1.54) is 0 Å². The summed E-state index contributed by atoms with van der Waals surface area (Å²) in [5.74, 6) is 0. The fourth-order valence-electron chi connectivity index (χ4n) is 1.62. The maximum absolute atomic E-state index is 6.14. The molecule has 1 aromatic heterocycles. The van der Waals surface area contributed by atoms with Crippen LogP contribution in [0.2, 0.25) is 10.2 Å². The minimum absolute atomic E-state index is 0.237. The highest BCUT2D eigenvalue weighted by Gasteiger charge is 2.24. The molecule has 0 saturated heterocycles. The quantitative estimate of drug-likeness (QED) is 0.766. The van der Waals surface area contributed by atoms with Gasteiger partial charge in [-0.3, -0.25) is 4.90 Å². The van der Waals surface area contributed by atoms with Gasteiger partial charge in [-0.15, -0.1) is 0 Å². The molecule has 1 atom stereocenters. The van der Waals surface area contributed by atoms with Crippen molar-refractivity contribution in [3.05, 3.63) is 28.0 Å². The first-order chi connectivity index (χ1) is 7.71. The Kier molecular flexibility index (Phi) is 4.82. The molecule has 2 nitrogen and oxygen atoms in total. The van der Waals surface area contributed by atoms with E-state index in [0.717, 1.165) is 12.1 Å². The van der Waals surface area contributed by atoms with Crippen molar-refractivity contribution >= 4 is 23.2 Å². The Morgan fingerprint density at radius 1 is 1.35 bits per heavy atom. The molecule has 0 fully saturated rings. The summed E-state index contributed by atoms with van der Waals surface area (Å²) in [5, 5.41) is 1.11. The largest absolute Gasteiger partial charge is 0.299 e. The fourth-order valence-corrected chi connectivity index (χ4v) is 2.04. The van der Waals surface area contributed by atoms with Crippen LogP contribution in [0.4, 0.5) is 0 Å². The molecule has 0 N–H and O–H groups in total. The number of halogens is 2. The zero-order valence-corrected chi connectivity index (χ0v) is 12.6. The molecule has 0 radical (unpaired) electrons. The number of hydrogen-bond donors (Lipinski definition) is 0. The third-order valence-corrected chi connectivity index (χ3v) is 3.79. The third-order valence-electron chi connectivity index (χ3n) is 3.23. The van der Waals surface area contributed by atoms with E-state index in [4.69, 9.17) is 23.2 Å². The van der Waals surface area contributed by atoms with Crippen LogP contribution in [0.5, 0.6) is 0 Å². The van der Waals surface area contributed by atoms with Crippen LogP contribution in [0.1, 0.15) is 33.3 Å². The molecule has 0 aromatic carbocycles. The standard InChI is InChI=1S/C13H20Cl2N2/c1-9(13(2,3)4)17(5)8-10-7-16-12(15)6-11(10)14/h6-7,9H,8H2,1-5H3. The molecule has 0 bridgehead atoms. The van der Waals surface area contributed by atoms with Gasteiger partial charge in [-0.1, -0.05) is 44.0 Å². The van der Waals surface area contributed by atoms with Crippen molar-refractivity contribution in [1.82, 2.24) is 9.88 Å². The smallest absolute Gasteiger partial charge is 0.130 e. The van der Waals surface area contributed by atoms with Crippen LogP contribution >= 0.6 is 23.2 Å². The van der Waals surface area contributed by atoms with Crippen molar-refractivity contribution in [3.8, 4) is 0 Å². The second kappa shape index (κ2) is 5.55. The van der Waals surface area contributed by atoms with Gasteiger partial charge in [-0.2, -0.15) is 0 Å². The Morgan fingerprint density at radius 2 is 1.94 bits per heavy atom. The third kappa shape index (κ3) is 4.13. The van der Waals surface area contributed by atoms with E-state index in [2.05, 4.69) is 44.6 Å². The van der Waals surface area contributed by atoms with Gasteiger partial charge in [0.25, 0.3) is 0 Å². The van der Waals surface area contributed by atoms with Crippen LogP contribution in [-0.4, -0.2) is 23.0 Å². The van der Waals surface area contributed by atoms with Gasteiger partial charge in [0.1, 0.15) is 5.15 Å². The van der Waals surface area contributed by atoms with Crippen LogP contribution in [0, 0.1) is 5.41 Å². The molecule has 0 spiro atoms. The molecule has 1 rings (SSSR count). The van der Waals surface area contributed by atoms with Gasteiger partial charge in [0, 0.05) is 29.4 Å². The van der Waals surface area contributed by atoms with E-state index < -0.39 is 0 Å². The summed E-state index contributed by atoms with van der Waals surface area (Å²) in [4.78, 5) is 6.34. The first kappa shape index (κ1) is 14.7. The zero-order chi connectivity index (χ0) is 13.2. The van der Waals surface area contributed by atoms with Crippen molar-refractivity contribution in [2.45, 2.75) is 40.3 Å². The summed E-state index contributed by atoms with van der Waals surface area (Å²) >= 11 is 11.9. The SMILES string of the molecule is CC(N(C)Cc1cnc(Cl)cc1Cl)C(C)(C)C. The monoisotopic (exact) mass is 274 g/mol. The van der Waals surface area contributed by atoms with Gasteiger partial charge in [0.05, 0.1) is 0 Å². The van der Waals surface area contributed by atoms with Crippen LogP contribution < -0.4 is 0 Å². The average molecular weight is 275 g/mol. The van der Waals surface area contributed by atoms with Gasteiger partial charge in [-0.25, -0.2) is 4.98 Å². The lowest BCUT2D eigenvalue weighted by molar-refractivity contribution is 0.134. The average Bonchev–Trinajstić information content (AvgIpc) is 2.19. The van der Waals surface area contributed by atoms with E-state index in [-0.39, 0.29) is 5.41 Å². The predicted octanol–water partition coefficient (Wildman–Crippen LogP) is 4.25. The Bertz CT molecular complexity index is 385. The van der Waals surface area contributed by atoms with Gasteiger partial charge < -0.3 is 0 Å². The lowest BCUT2D eigenvalue weighted by atomic mass is 9.87. The molecule has 1 heterocycles. The summed E-state index contributed by atoms with van der Waals surface area (Å²) in [6.07, 6.45) is 1.75. The van der Waals surface area contributed by atoms with E-state index in [0.29, 0.717) is 16.2 Å². The minimum Gasteiger partial charge on any atom is -0.299 e. The van der Waals surface area contributed by atoms with Crippen LogP contribution in [0.3, 0.4) is 0 Å². The molecule has 4 heteroatoms. The van der Waals surface area contributed by atoms with E-state index in [1.807, 2.05) is 0 Å². The highest BCUT2D eigenvalue weighted by Crippen LogP contribution is 2.26. The fraction of sp³-hybridized carbons (Fsp3) is 0.615.